The quantitative estimate of drug-likeness (QED) is 0.252. The second kappa shape index (κ2) is 11.3. The number of halogens is 3. The van der Waals surface area contributed by atoms with Crippen LogP contribution < -0.4 is 4.90 Å². The van der Waals surface area contributed by atoms with Crippen LogP contribution in [0, 0.1) is 18.2 Å². The molecule has 1 saturated heterocycles. The van der Waals surface area contributed by atoms with Crippen LogP contribution in [0.15, 0.2) is 55.0 Å². The highest BCUT2D eigenvalue weighted by molar-refractivity contribution is 6.36. The fourth-order valence-electron chi connectivity index (χ4n) is 4.86. The number of aromatic nitrogens is 3. The maximum Gasteiger partial charge on any atom is 0.246 e. The van der Waals surface area contributed by atoms with Gasteiger partial charge in [-0.25, -0.2) is 25.3 Å². The van der Waals surface area contributed by atoms with Crippen molar-refractivity contribution in [3.63, 3.8) is 0 Å². The van der Waals surface area contributed by atoms with Crippen LogP contribution >= 0.6 is 11.6 Å². The molecule has 0 bridgehead atoms. The number of carbonyl (C=O) groups is 1. The van der Waals surface area contributed by atoms with E-state index in [-0.39, 0.29) is 34.7 Å². The van der Waals surface area contributed by atoms with Gasteiger partial charge < -0.3 is 19.4 Å². The number of nitrogens with zero attached hydrogens (tertiary/aromatic N) is 6. The molecule has 5 rings (SSSR count). The van der Waals surface area contributed by atoms with Gasteiger partial charge in [-0.1, -0.05) is 41.9 Å². The number of benzene rings is 2. The average Bonchev–Trinajstić information content (AvgIpc) is 2.95. The van der Waals surface area contributed by atoms with Crippen LogP contribution in [0.1, 0.15) is 0 Å². The van der Waals surface area contributed by atoms with Gasteiger partial charge in [0.05, 0.1) is 17.0 Å². The number of methoxy groups -OCH3 is 1. The van der Waals surface area contributed by atoms with Crippen LogP contribution in [-0.4, -0.2) is 71.7 Å². The molecule has 0 spiro atoms. The van der Waals surface area contributed by atoms with E-state index in [1.54, 1.807) is 42.4 Å². The summed E-state index contributed by atoms with van der Waals surface area (Å²) in [5, 5.41) is 1.29. The summed E-state index contributed by atoms with van der Waals surface area (Å²) in [6.07, 6.45) is 5.84. The van der Waals surface area contributed by atoms with Gasteiger partial charge in [0.2, 0.25) is 12.5 Å². The second-order valence-electron chi connectivity index (χ2n) is 8.98. The van der Waals surface area contributed by atoms with E-state index in [0.29, 0.717) is 53.8 Å². The molecule has 198 valence electrons. The van der Waals surface area contributed by atoms with E-state index >= 15 is 4.39 Å². The molecule has 1 aliphatic heterocycles. The number of rotatable bonds is 6. The van der Waals surface area contributed by atoms with E-state index in [1.807, 2.05) is 4.90 Å². The third-order valence-electron chi connectivity index (χ3n) is 6.68. The van der Waals surface area contributed by atoms with Crippen molar-refractivity contribution in [2.24, 2.45) is 0 Å². The third kappa shape index (κ3) is 4.99. The first-order valence-electron chi connectivity index (χ1n) is 12.1. The lowest BCUT2D eigenvalue weighted by atomic mass is 10.0. The zero-order valence-corrected chi connectivity index (χ0v) is 21.7. The summed E-state index contributed by atoms with van der Waals surface area (Å²) in [4.78, 5) is 32.8. The molecule has 1 aliphatic rings. The number of anilines is 1. The van der Waals surface area contributed by atoms with E-state index in [2.05, 4.69) is 19.8 Å². The van der Waals surface area contributed by atoms with Gasteiger partial charge in [0.25, 0.3) is 0 Å². The fraction of sp³-hybridized carbons (Fsp3) is 0.250. The zero-order valence-electron chi connectivity index (χ0n) is 20.9. The van der Waals surface area contributed by atoms with Crippen LogP contribution in [0.25, 0.3) is 37.8 Å². The van der Waals surface area contributed by atoms with E-state index in [9.17, 15) is 9.18 Å². The molecule has 4 aromatic rings. The Morgan fingerprint density at radius 2 is 2.08 bits per heavy atom. The molecule has 2 aromatic heterocycles. The Morgan fingerprint density at radius 3 is 2.87 bits per heavy atom. The lowest BCUT2D eigenvalue weighted by Gasteiger charge is -2.39. The van der Waals surface area contributed by atoms with Gasteiger partial charge in [0, 0.05) is 50.0 Å². The molecule has 39 heavy (non-hydrogen) atoms. The number of carbonyl (C=O) groups excluding carboxylic acids is 1. The van der Waals surface area contributed by atoms with Gasteiger partial charge >= 0.3 is 0 Å². The number of amides is 1. The lowest BCUT2D eigenvalue weighted by Crippen LogP contribution is -2.56. The molecular formula is C28H23ClF2N6O2. The van der Waals surface area contributed by atoms with E-state index in [0.717, 1.165) is 0 Å². The lowest BCUT2D eigenvalue weighted by molar-refractivity contribution is -0.128. The maximum absolute atomic E-state index is 16.0. The molecule has 8 nitrogen and oxygen atoms in total. The summed E-state index contributed by atoms with van der Waals surface area (Å²) >= 11 is 6.27. The third-order valence-corrected chi connectivity index (χ3v) is 7.05. The largest absolute Gasteiger partial charge is 0.381 e. The normalized spacial score (nSPS) is 15.8. The standard InChI is InChI=1S/C28H23ClF2N6O2/c1-32-13-18-15-36(10-11-37(18)22(38)7-4-12-39-2)28-20-14-33-26(25(31)27(20)34-16-35-28)19-6-3-5-17-8-9-21(30)24(29)23(17)19/h3-9,14,16,18H,10-13,15H2,2H3/b7-4+/t18-/m0/s1. The van der Waals surface area contributed by atoms with Crippen LogP contribution in [0.4, 0.5) is 14.6 Å². The Labute approximate surface area is 228 Å². The predicted octanol–water partition coefficient (Wildman–Crippen LogP) is 4.92. The van der Waals surface area contributed by atoms with Crippen molar-refractivity contribution >= 4 is 45.0 Å². The minimum atomic E-state index is -0.682. The topological polar surface area (TPSA) is 75.8 Å². The number of fused-ring (bicyclic) bond motifs is 2. The minimum Gasteiger partial charge on any atom is -0.381 e. The van der Waals surface area contributed by atoms with Gasteiger partial charge in [0.1, 0.15) is 35.2 Å². The molecule has 1 atom stereocenters. The van der Waals surface area contributed by atoms with E-state index in [1.165, 1.54) is 24.7 Å². The Hall–Kier alpha value is -4.20. The Morgan fingerprint density at radius 1 is 1.23 bits per heavy atom. The molecule has 0 unspecified atom stereocenters. The minimum absolute atomic E-state index is 0.00519. The molecule has 0 N–H and O–H groups in total. The molecule has 0 radical (unpaired) electrons. The highest BCUT2D eigenvalue weighted by Gasteiger charge is 2.33. The molecule has 0 saturated carbocycles. The van der Waals surface area contributed by atoms with Crippen molar-refractivity contribution in [2.75, 3.05) is 44.8 Å². The average molecular weight is 549 g/mol. The van der Waals surface area contributed by atoms with Gasteiger partial charge in [-0.2, -0.15) is 0 Å². The molecule has 11 heteroatoms. The monoisotopic (exact) mass is 548 g/mol. The number of piperazine rings is 1. The van der Waals surface area contributed by atoms with Crippen LogP contribution in [0.3, 0.4) is 0 Å². The summed E-state index contributed by atoms with van der Waals surface area (Å²) in [5.41, 5.74) is 0.397. The molecular weight excluding hydrogens is 526 g/mol. The van der Waals surface area contributed by atoms with Crippen LogP contribution in [-0.2, 0) is 9.53 Å². The van der Waals surface area contributed by atoms with E-state index < -0.39 is 11.6 Å². The first-order valence-corrected chi connectivity index (χ1v) is 12.5. The van der Waals surface area contributed by atoms with Gasteiger partial charge in [-0.3, -0.25) is 9.78 Å². The van der Waals surface area contributed by atoms with Crippen molar-refractivity contribution in [1.29, 1.82) is 0 Å². The van der Waals surface area contributed by atoms with E-state index in [4.69, 9.17) is 22.9 Å². The molecule has 2 aromatic carbocycles. The summed E-state index contributed by atoms with van der Waals surface area (Å²) in [6.45, 7) is 8.91. The molecule has 1 amide bonds. The SMILES string of the molecule is [C-]#[N+]C[C@H]1CN(c2ncnc3c(F)c(-c4cccc5ccc(F)c(Cl)c45)ncc23)CCN1C(=O)/C=C/COC. The Kier molecular flexibility index (Phi) is 7.63. The summed E-state index contributed by atoms with van der Waals surface area (Å²) in [6, 6.07) is 7.59. The fourth-order valence-corrected chi connectivity index (χ4v) is 5.14. The number of ether oxygens (including phenoxy) is 1. The first kappa shape index (κ1) is 26.4. The van der Waals surface area contributed by atoms with Crippen molar-refractivity contribution in [1.82, 2.24) is 19.9 Å². The Balaban J connectivity index is 1.52. The predicted molar refractivity (Wildman–Crippen MR) is 145 cm³/mol. The zero-order chi connectivity index (χ0) is 27.5. The van der Waals surface area contributed by atoms with Gasteiger partial charge in [-0.15, -0.1) is 0 Å². The summed E-state index contributed by atoms with van der Waals surface area (Å²) in [7, 11) is 1.54. The number of pyridine rings is 1. The van der Waals surface area contributed by atoms with Crippen LogP contribution in [0.2, 0.25) is 5.02 Å². The van der Waals surface area contributed by atoms with Crippen LogP contribution in [0.5, 0.6) is 0 Å². The summed E-state index contributed by atoms with van der Waals surface area (Å²) in [5.74, 6) is -1.03. The maximum atomic E-state index is 16.0. The molecule has 3 heterocycles. The first-order chi connectivity index (χ1) is 18.9. The van der Waals surface area contributed by atoms with Gasteiger partial charge in [-0.05, 0) is 11.5 Å². The highest BCUT2D eigenvalue weighted by Crippen LogP contribution is 2.37. The number of hydrogen-bond acceptors (Lipinski definition) is 6. The van der Waals surface area contributed by atoms with Gasteiger partial charge in [0.15, 0.2) is 5.82 Å². The highest BCUT2D eigenvalue weighted by atomic mass is 35.5. The van der Waals surface area contributed by atoms with Crippen molar-refractivity contribution < 1.29 is 18.3 Å². The second-order valence-corrected chi connectivity index (χ2v) is 9.35. The summed E-state index contributed by atoms with van der Waals surface area (Å²) < 4.78 is 35.2. The Bertz CT molecular complexity index is 1640. The van der Waals surface area contributed by atoms with Crippen molar-refractivity contribution in [2.45, 2.75) is 6.04 Å². The number of hydrogen-bond donors (Lipinski definition) is 0. The smallest absolute Gasteiger partial charge is 0.246 e. The van der Waals surface area contributed by atoms with Crippen molar-refractivity contribution in [3.8, 4) is 11.3 Å². The molecule has 0 aliphatic carbocycles. The van der Waals surface area contributed by atoms with Crippen molar-refractivity contribution in [3.05, 3.63) is 83.1 Å². The molecule has 1 fully saturated rings.